The molecule has 21 heavy (non-hydrogen) atoms. The van der Waals surface area contributed by atoms with E-state index in [1.54, 1.807) is 12.1 Å². The summed E-state index contributed by atoms with van der Waals surface area (Å²) in [4.78, 5) is 12.4. The Bertz CT molecular complexity index is 788. The summed E-state index contributed by atoms with van der Waals surface area (Å²) in [5.74, 6) is 0. The van der Waals surface area contributed by atoms with Crippen molar-refractivity contribution >= 4 is 44.9 Å². The second kappa shape index (κ2) is 6.20. The third-order valence-electron chi connectivity index (χ3n) is 2.33. The number of nitro groups is 1. The number of nitro benzene ring substituents is 1. The molecule has 0 spiro atoms. The Labute approximate surface area is 129 Å². The minimum atomic E-state index is -3.99. The molecule has 1 N–H and O–H groups in total. The van der Waals surface area contributed by atoms with E-state index in [0.29, 0.717) is 0 Å². The van der Waals surface area contributed by atoms with Crippen molar-refractivity contribution in [2.45, 2.75) is 4.90 Å². The Morgan fingerprint density at radius 1 is 1.38 bits per heavy atom. The molecule has 0 amide bonds. The van der Waals surface area contributed by atoms with E-state index < -0.39 is 20.6 Å². The molecule has 0 bridgehead atoms. The van der Waals surface area contributed by atoms with Gasteiger partial charge in [-0.3, -0.25) is 10.1 Å². The van der Waals surface area contributed by atoms with Gasteiger partial charge in [0.1, 0.15) is 5.02 Å². The number of benzene rings is 1. The van der Waals surface area contributed by atoms with Gasteiger partial charge < -0.3 is 0 Å². The van der Waals surface area contributed by atoms with Gasteiger partial charge in [0.2, 0.25) is 0 Å². The van der Waals surface area contributed by atoms with Crippen LogP contribution in [-0.2, 0) is 10.0 Å². The highest BCUT2D eigenvalue weighted by Gasteiger charge is 2.20. The first-order valence-electron chi connectivity index (χ1n) is 5.42. The second-order valence-electron chi connectivity index (χ2n) is 3.74. The zero-order chi connectivity index (χ0) is 15.5. The van der Waals surface area contributed by atoms with Gasteiger partial charge in [0, 0.05) is 10.9 Å². The molecule has 0 radical (unpaired) electrons. The van der Waals surface area contributed by atoms with Crippen LogP contribution in [0.25, 0.3) is 0 Å². The molecule has 0 unspecified atom stereocenters. The van der Waals surface area contributed by atoms with Gasteiger partial charge in [-0.05, 0) is 23.6 Å². The number of hydrogen-bond donors (Lipinski definition) is 1. The molecule has 0 atom stereocenters. The van der Waals surface area contributed by atoms with Crippen LogP contribution in [0.2, 0.25) is 5.02 Å². The molecule has 1 aromatic carbocycles. The lowest BCUT2D eigenvalue weighted by molar-refractivity contribution is -0.384. The number of nitrogens with zero attached hydrogens (tertiary/aromatic N) is 2. The zero-order valence-corrected chi connectivity index (χ0v) is 12.7. The molecule has 1 heterocycles. The predicted octanol–water partition coefficient (Wildman–Crippen LogP) is 2.62. The average molecular weight is 346 g/mol. The maximum Gasteiger partial charge on any atom is 0.289 e. The van der Waals surface area contributed by atoms with Gasteiger partial charge in [0.05, 0.1) is 16.0 Å². The summed E-state index contributed by atoms with van der Waals surface area (Å²) in [6.45, 7) is 0. The van der Waals surface area contributed by atoms with E-state index in [4.69, 9.17) is 11.6 Å². The molecular formula is C11H8ClN3O4S2. The fourth-order valence-corrected chi connectivity index (χ4v) is 2.96. The van der Waals surface area contributed by atoms with Crippen LogP contribution in [0.15, 0.2) is 45.7 Å². The summed E-state index contributed by atoms with van der Waals surface area (Å²) in [6.07, 6.45) is 1.34. The summed E-state index contributed by atoms with van der Waals surface area (Å²) < 4.78 is 23.9. The molecule has 7 nitrogen and oxygen atoms in total. The maximum atomic E-state index is 12.0. The van der Waals surface area contributed by atoms with Crippen molar-refractivity contribution < 1.29 is 13.3 Å². The standard InChI is InChI=1S/C11H8ClN3O4S2/c12-10-4-3-9(6-11(10)15(16)17)21(18,19)14-13-7-8-2-1-5-20-8/h1-7,14H. The summed E-state index contributed by atoms with van der Waals surface area (Å²) >= 11 is 7.01. The molecule has 10 heteroatoms. The van der Waals surface area contributed by atoms with E-state index in [9.17, 15) is 18.5 Å². The van der Waals surface area contributed by atoms with Gasteiger partial charge in [0.15, 0.2) is 0 Å². The van der Waals surface area contributed by atoms with Gasteiger partial charge in [0.25, 0.3) is 15.7 Å². The molecule has 2 aromatic rings. The minimum absolute atomic E-state index is 0.138. The molecule has 1 aromatic heterocycles. The smallest absolute Gasteiger partial charge is 0.258 e. The van der Waals surface area contributed by atoms with E-state index in [2.05, 4.69) is 5.10 Å². The molecule has 0 saturated carbocycles. The molecule has 0 saturated heterocycles. The minimum Gasteiger partial charge on any atom is -0.258 e. The van der Waals surface area contributed by atoms with Crippen molar-refractivity contribution in [3.63, 3.8) is 0 Å². The zero-order valence-electron chi connectivity index (χ0n) is 10.3. The largest absolute Gasteiger partial charge is 0.289 e. The maximum absolute atomic E-state index is 12.0. The molecule has 0 aliphatic carbocycles. The lowest BCUT2D eigenvalue weighted by atomic mass is 10.3. The first-order valence-corrected chi connectivity index (χ1v) is 8.16. The monoisotopic (exact) mass is 345 g/mol. The summed E-state index contributed by atoms with van der Waals surface area (Å²) in [5, 5.41) is 16.0. The van der Waals surface area contributed by atoms with Crippen molar-refractivity contribution in [1.29, 1.82) is 0 Å². The van der Waals surface area contributed by atoms with Crippen molar-refractivity contribution in [3.05, 3.63) is 55.7 Å². The Kier molecular flexibility index (Phi) is 4.56. The van der Waals surface area contributed by atoms with Crippen molar-refractivity contribution in [3.8, 4) is 0 Å². The second-order valence-corrected chi connectivity index (χ2v) is 6.79. The Morgan fingerprint density at radius 2 is 2.14 bits per heavy atom. The average Bonchev–Trinajstić information content (AvgIpc) is 2.91. The van der Waals surface area contributed by atoms with Crippen LogP contribution in [0, 0.1) is 10.1 Å². The third-order valence-corrected chi connectivity index (χ3v) is 4.68. The fraction of sp³-hybridized carbons (Fsp3) is 0. The molecular weight excluding hydrogens is 338 g/mol. The Morgan fingerprint density at radius 3 is 2.76 bits per heavy atom. The normalized spacial score (nSPS) is 11.7. The van der Waals surface area contributed by atoms with Gasteiger partial charge in [-0.15, -0.1) is 11.3 Å². The Balaban J connectivity index is 2.23. The van der Waals surface area contributed by atoms with Gasteiger partial charge >= 0.3 is 0 Å². The first-order chi connectivity index (χ1) is 9.90. The Hall–Kier alpha value is -1.97. The highest BCUT2D eigenvalue weighted by molar-refractivity contribution is 7.89. The number of rotatable bonds is 5. The van der Waals surface area contributed by atoms with Gasteiger partial charge in [-0.2, -0.15) is 13.5 Å². The van der Waals surface area contributed by atoms with E-state index >= 15 is 0 Å². The number of nitrogens with one attached hydrogen (secondary N) is 1. The van der Waals surface area contributed by atoms with E-state index in [-0.39, 0.29) is 9.92 Å². The number of sulfonamides is 1. The van der Waals surface area contributed by atoms with Crippen LogP contribution >= 0.6 is 22.9 Å². The summed E-state index contributed by atoms with van der Waals surface area (Å²) in [6, 6.07) is 6.75. The van der Waals surface area contributed by atoms with Crippen LogP contribution in [-0.4, -0.2) is 19.6 Å². The number of hydrogen-bond acceptors (Lipinski definition) is 6. The van der Waals surface area contributed by atoms with Crippen LogP contribution in [0.4, 0.5) is 5.69 Å². The summed E-state index contributed by atoms with van der Waals surface area (Å²) in [7, 11) is -3.99. The van der Waals surface area contributed by atoms with Crippen LogP contribution < -0.4 is 4.83 Å². The van der Waals surface area contributed by atoms with E-state index in [0.717, 1.165) is 17.0 Å². The highest BCUT2D eigenvalue weighted by atomic mass is 35.5. The number of thiophene rings is 1. The molecule has 2 rings (SSSR count). The quantitative estimate of drug-likeness (QED) is 0.511. The summed E-state index contributed by atoms with van der Waals surface area (Å²) in [5.41, 5.74) is -0.484. The highest BCUT2D eigenvalue weighted by Crippen LogP contribution is 2.26. The fourth-order valence-electron chi connectivity index (χ4n) is 1.38. The van der Waals surface area contributed by atoms with E-state index in [1.165, 1.54) is 23.6 Å². The molecule has 0 aliphatic heterocycles. The lowest BCUT2D eigenvalue weighted by Crippen LogP contribution is -2.18. The first kappa shape index (κ1) is 15.4. The SMILES string of the molecule is O=[N+]([O-])c1cc(S(=O)(=O)NN=Cc2cccs2)ccc1Cl. The van der Waals surface area contributed by atoms with Crippen LogP contribution in [0.1, 0.15) is 4.88 Å². The molecule has 110 valence electrons. The molecule has 0 aliphatic rings. The number of halogens is 1. The van der Waals surface area contributed by atoms with Gasteiger partial charge in [-0.25, -0.2) is 4.83 Å². The predicted molar refractivity (Wildman–Crippen MR) is 80.3 cm³/mol. The van der Waals surface area contributed by atoms with Crippen LogP contribution in [0.5, 0.6) is 0 Å². The lowest BCUT2D eigenvalue weighted by Gasteiger charge is -2.03. The van der Waals surface area contributed by atoms with Crippen molar-refractivity contribution in [2.75, 3.05) is 0 Å². The third kappa shape index (κ3) is 3.78. The molecule has 0 fully saturated rings. The topological polar surface area (TPSA) is 102 Å². The number of hydrazone groups is 1. The van der Waals surface area contributed by atoms with Crippen LogP contribution in [0.3, 0.4) is 0 Å². The van der Waals surface area contributed by atoms with Crippen molar-refractivity contribution in [2.24, 2.45) is 5.10 Å². The van der Waals surface area contributed by atoms with Gasteiger partial charge in [-0.1, -0.05) is 17.7 Å². The van der Waals surface area contributed by atoms with Crippen molar-refractivity contribution in [1.82, 2.24) is 4.83 Å². The van der Waals surface area contributed by atoms with E-state index in [1.807, 2.05) is 10.2 Å².